The Morgan fingerprint density at radius 1 is 1.17 bits per heavy atom. The molecule has 0 aliphatic carbocycles. The fraction of sp³-hybridized carbons (Fsp3) is 0.640. The minimum Gasteiger partial charge on any atom is -0.480 e. The standard InChI is InChI=1S/C25H39N4O6P/c1-17(2)14-21(24(31)29-13-7-11-22(29)25(32)33)28-36(34,35)16-19(15-18-8-4-3-5-9-18)27-23(30)20-10-6-12-26-20/h3-5,8-9,17,19-22,26H,6-7,10-16H2,1-2H3,(H,27,30)(H,32,33)(H2,28,34,35)/t19-,20-,21-,22-/m0/s1. The van der Waals surface area contributed by atoms with E-state index in [1.165, 1.54) is 4.90 Å². The molecule has 2 amide bonds. The molecule has 2 aliphatic rings. The first-order valence-corrected chi connectivity index (χ1v) is 14.6. The monoisotopic (exact) mass is 522 g/mol. The lowest BCUT2D eigenvalue weighted by atomic mass is 10.0. The zero-order valence-electron chi connectivity index (χ0n) is 21.1. The Balaban J connectivity index is 1.75. The van der Waals surface area contributed by atoms with E-state index < -0.39 is 37.5 Å². The highest BCUT2D eigenvalue weighted by Gasteiger charge is 2.40. The SMILES string of the molecule is CC(C)C[C@H](NP(=O)(O)C[C@H](Cc1ccccc1)NC(=O)[C@@H]1CCCN1)C(=O)N1CCC[C@H]1C(=O)O. The Morgan fingerprint density at radius 3 is 2.50 bits per heavy atom. The number of likely N-dealkylation sites (tertiary alicyclic amines) is 1. The van der Waals surface area contributed by atoms with Gasteiger partial charge in [0.15, 0.2) is 0 Å². The summed E-state index contributed by atoms with van der Waals surface area (Å²) in [4.78, 5) is 50.0. The van der Waals surface area contributed by atoms with Gasteiger partial charge in [0.1, 0.15) is 6.04 Å². The molecule has 10 nitrogen and oxygen atoms in total. The summed E-state index contributed by atoms with van der Waals surface area (Å²) < 4.78 is 13.4. The third-order valence-electron chi connectivity index (χ3n) is 6.70. The second-order valence-electron chi connectivity index (χ2n) is 10.3. The van der Waals surface area contributed by atoms with Gasteiger partial charge in [-0.25, -0.2) is 9.88 Å². The number of carboxylic acid groups (broad SMARTS) is 1. The van der Waals surface area contributed by atoms with E-state index in [2.05, 4.69) is 15.7 Å². The summed E-state index contributed by atoms with van der Waals surface area (Å²) in [6.45, 7) is 4.86. The highest BCUT2D eigenvalue weighted by Crippen LogP contribution is 2.39. The van der Waals surface area contributed by atoms with Crippen molar-refractivity contribution in [3.05, 3.63) is 35.9 Å². The molecule has 0 spiro atoms. The van der Waals surface area contributed by atoms with E-state index in [0.29, 0.717) is 32.2 Å². The third kappa shape index (κ3) is 8.13. The van der Waals surface area contributed by atoms with Crippen molar-refractivity contribution in [1.82, 2.24) is 20.6 Å². The van der Waals surface area contributed by atoms with Gasteiger partial charge in [-0.05, 0) is 56.6 Å². The first kappa shape index (κ1) is 28.3. The van der Waals surface area contributed by atoms with Gasteiger partial charge in [-0.2, -0.15) is 0 Å². The van der Waals surface area contributed by atoms with Gasteiger partial charge in [-0.3, -0.25) is 14.2 Å². The van der Waals surface area contributed by atoms with Crippen LogP contribution in [0.3, 0.4) is 0 Å². The Hall–Kier alpha value is -2.26. The minimum atomic E-state index is -4.10. The van der Waals surface area contributed by atoms with E-state index in [1.54, 1.807) is 0 Å². The molecule has 11 heteroatoms. The number of amides is 2. The van der Waals surface area contributed by atoms with Crippen LogP contribution in [0.1, 0.15) is 51.5 Å². The maximum Gasteiger partial charge on any atom is 0.326 e. The van der Waals surface area contributed by atoms with Crippen LogP contribution in [0.15, 0.2) is 30.3 Å². The molecule has 5 atom stereocenters. The molecule has 2 heterocycles. The average Bonchev–Trinajstić information content (AvgIpc) is 3.50. The molecular weight excluding hydrogens is 483 g/mol. The Morgan fingerprint density at radius 2 is 1.89 bits per heavy atom. The van der Waals surface area contributed by atoms with Crippen LogP contribution in [0, 0.1) is 5.92 Å². The number of benzene rings is 1. The summed E-state index contributed by atoms with van der Waals surface area (Å²) in [7, 11) is -4.10. The summed E-state index contributed by atoms with van der Waals surface area (Å²) in [5.74, 6) is -1.71. The van der Waals surface area contributed by atoms with Gasteiger partial charge in [0.05, 0.1) is 18.2 Å². The molecule has 0 radical (unpaired) electrons. The second-order valence-corrected chi connectivity index (χ2v) is 12.3. The van der Waals surface area contributed by atoms with E-state index in [-0.39, 0.29) is 30.4 Å². The summed E-state index contributed by atoms with van der Waals surface area (Å²) in [6.07, 6.45) is 2.94. The lowest BCUT2D eigenvalue weighted by Crippen LogP contribution is -2.51. The molecule has 3 rings (SSSR count). The van der Waals surface area contributed by atoms with Crippen molar-refractivity contribution in [3.8, 4) is 0 Å². The largest absolute Gasteiger partial charge is 0.480 e. The molecule has 1 unspecified atom stereocenters. The zero-order chi connectivity index (χ0) is 26.3. The molecule has 1 aromatic carbocycles. The second kappa shape index (κ2) is 12.8. The number of rotatable bonds is 12. The Kier molecular flexibility index (Phi) is 10.1. The summed E-state index contributed by atoms with van der Waals surface area (Å²) >= 11 is 0. The number of hydrogen-bond acceptors (Lipinski definition) is 5. The predicted octanol–water partition coefficient (Wildman–Crippen LogP) is 1.73. The molecule has 5 N–H and O–H groups in total. The van der Waals surface area contributed by atoms with Crippen LogP contribution in [0.4, 0.5) is 0 Å². The number of carboxylic acids is 1. The van der Waals surface area contributed by atoms with Crippen LogP contribution in [-0.2, 0) is 25.4 Å². The fourth-order valence-electron chi connectivity index (χ4n) is 5.03. The van der Waals surface area contributed by atoms with Gasteiger partial charge in [0.25, 0.3) is 7.52 Å². The molecule has 200 valence electrons. The van der Waals surface area contributed by atoms with Crippen molar-refractivity contribution < 1.29 is 28.9 Å². The first-order chi connectivity index (χ1) is 17.1. The van der Waals surface area contributed by atoms with Gasteiger partial charge < -0.3 is 25.5 Å². The number of carbonyl (C=O) groups is 3. The van der Waals surface area contributed by atoms with Crippen LogP contribution < -0.4 is 15.7 Å². The number of hydrogen-bond donors (Lipinski definition) is 5. The molecular formula is C25H39N4O6P. The lowest BCUT2D eigenvalue weighted by molar-refractivity contribution is -0.149. The first-order valence-electron chi connectivity index (χ1n) is 12.8. The van der Waals surface area contributed by atoms with Gasteiger partial charge in [-0.1, -0.05) is 44.2 Å². The normalized spacial score (nSPS) is 23.3. The zero-order valence-corrected chi connectivity index (χ0v) is 22.0. The van der Waals surface area contributed by atoms with Gasteiger partial charge in [-0.15, -0.1) is 0 Å². The Labute approximate surface area is 212 Å². The predicted molar refractivity (Wildman–Crippen MR) is 137 cm³/mol. The summed E-state index contributed by atoms with van der Waals surface area (Å²) in [5, 5.41) is 18.3. The molecule has 0 saturated carbocycles. The van der Waals surface area contributed by atoms with E-state index in [4.69, 9.17) is 0 Å². The highest BCUT2D eigenvalue weighted by molar-refractivity contribution is 7.56. The van der Waals surface area contributed by atoms with Crippen molar-refractivity contribution in [2.24, 2.45) is 5.92 Å². The number of nitrogens with one attached hydrogen (secondary N) is 3. The summed E-state index contributed by atoms with van der Waals surface area (Å²) in [6, 6.07) is 6.54. The number of aliphatic carboxylic acids is 1. The van der Waals surface area contributed by atoms with E-state index in [0.717, 1.165) is 18.5 Å². The molecule has 36 heavy (non-hydrogen) atoms. The van der Waals surface area contributed by atoms with Crippen LogP contribution in [0.25, 0.3) is 0 Å². The van der Waals surface area contributed by atoms with E-state index >= 15 is 0 Å². The van der Waals surface area contributed by atoms with Gasteiger partial charge >= 0.3 is 5.97 Å². The minimum absolute atomic E-state index is 0.0330. The van der Waals surface area contributed by atoms with Gasteiger partial charge in [0, 0.05) is 12.6 Å². The quantitative estimate of drug-likeness (QED) is 0.261. The highest BCUT2D eigenvalue weighted by atomic mass is 31.2. The molecule has 2 saturated heterocycles. The van der Waals surface area contributed by atoms with Crippen LogP contribution in [-0.4, -0.2) is 76.1 Å². The van der Waals surface area contributed by atoms with Crippen molar-refractivity contribution in [2.75, 3.05) is 19.3 Å². The van der Waals surface area contributed by atoms with Crippen LogP contribution >= 0.6 is 7.52 Å². The molecule has 1 aromatic rings. The molecule has 0 aromatic heterocycles. The number of nitrogens with zero attached hydrogens (tertiary/aromatic N) is 1. The van der Waals surface area contributed by atoms with Crippen LogP contribution in [0.2, 0.25) is 0 Å². The third-order valence-corrected chi connectivity index (χ3v) is 8.35. The van der Waals surface area contributed by atoms with Crippen molar-refractivity contribution >= 4 is 25.3 Å². The van der Waals surface area contributed by atoms with E-state index in [1.807, 2.05) is 44.2 Å². The molecule has 0 bridgehead atoms. The maximum absolute atomic E-state index is 13.4. The van der Waals surface area contributed by atoms with Crippen LogP contribution in [0.5, 0.6) is 0 Å². The topological polar surface area (TPSA) is 148 Å². The van der Waals surface area contributed by atoms with E-state index in [9.17, 15) is 28.9 Å². The summed E-state index contributed by atoms with van der Waals surface area (Å²) in [5.41, 5.74) is 0.915. The van der Waals surface area contributed by atoms with Gasteiger partial charge in [0.2, 0.25) is 11.8 Å². The van der Waals surface area contributed by atoms with Crippen molar-refractivity contribution in [3.63, 3.8) is 0 Å². The fourth-order valence-corrected chi connectivity index (χ4v) is 6.66. The number of carbonyl (C=O) groups excluding carboxylic acids is 2. The van der Waals surface area contributed by atoms with Crippen molar-refractivity contribution in [2.45, 2.75) is 76.5 Å². The smallest absolute Gasteiger partial charge is 0.326 e. The Bertz CT molecular complexity index is 953. The molecule has 2 aliphatic heterocycles. The lowest BCUT2D eigenvalue weighted by Gasteiger charge is -2.31. The maximum atomic E-state index is 13.4. The molecule has 2 fully saturated rings. The average molecular weight is 523 g/mol. The van der Waals surface area contributed by atoms with Crippen molar-refractivity contribution in [1.29, 1.82) is 0 Å².